The van der Waals surface area contributed by atoms with Gasteiger partial charge in [0, 0.05) is 22.6 Å². The summed E-state index contributed by atoms with van der Waals surface area (Å²) < 4.78 is 35.9. The normalized spacial score (nSPS) is 17.0. The maximum absolute atomic E-state index is 15.0. The van der Waals surface area contributed by atoms with E-state index in [1.807, 2.05) is 12.1 Å². The summed E-state index contributed by atoms with van der Waals surface area (Å²) >= 11 is 0. The first kappa shape index (κ1) is 21.6. The fraction of sp³-hybridized carbons (Fsp3) is 0.0714. The van der Waals surface area contributed by atoms with E-state index >= 15 is 0 Å². The molecule has 5 rings (SSSR count). The van der Waals surface area contributed by atoms with Crippen molar-refractivity contribution in [1.82, 2.24) is 0 Å². The summed E-state index contributed by atoms with van der Waals surface area (Å²) in [6.45, 7) is 0. The van der Waals surface area contributed by atoms with Crippen molar-refractivity contribution in [3.8, 4) is 41.2 Å². The van der Waals surface area contributed by atoms with Crippen molar-refractivity contribution in [2.75, 3.05) is 0 Å². The average Bonchev–Trinajstić information content (AvgIpc) is 3.26. The molecule has 7 heteroatoms. The molecular weight excluding hydrogens is 446 g/mol. The van der Waals surface area contributed by atoms with Crippen molar-refractivity contribution in [1.29, 1.82) is 21.0 Å². The standard InChI is InChI=1S/C28H12F2N4O/c29-27-19(13-33)5-15(11-31)7-21(27)17-1-3-25-23(9-17)24-10-18(2-4-26(24)35-25)22-8-16(12-32)6-20(14-34)28(22)30/h1-10,23,25H. The number of ether oxygens (including phenoxy) is 1. The van der Waals surface area contributed by atoms with E-state index in [4.69, 9.17) is 4.74 Å². The summed E-state index contributed by atoms with van der Waals surface area (Å²) in [4.78, 5) is 0. The molecule has 2 atom stereocenters. The van der Waals surface area contributed by atoms with E-state index in [1.165, 1.54) is 24.3 Å². The molecule has 0 saturated carbocycles. The highest BCUT2D eigenvalue weighted by Gasteiger charge is 2.34. The van der Waals surface area contributed by atoms with Crippen molar-refractivity contribution in [2.24, 2.45) is 0 Å². The van der Waals surface area contributed by atoms with Crippen LogP contribution in [0.1, 0.15) is 39.3 Å². The minimum Gasteiger partial charge on any atom is -0.485 e. The van der Waals surface area contributed by atoms with Gasteiger partial charge in [-0.05, 0) is 53.6 Å². The topological polar surface area (TPSA) is 104 Å². The van der Waals surface area contributed by atoms with Crippen molar-refractivity contribution in [3.63, 3.8) is 0 Å². The van der Waals surface area contributed by atoms with Crippen molar-refractivity contribution < 1.29 is 13.5 Å². The fourth-order valence-electron chi connectivity index (χ4n) is 4.41. The Bertz CT molecular complexity index is 1660. The molecule has 1 aliphatic heterocycles. The van der Waals surface area contributed by atoms with Crippen LogP contribution >= 0.6 is 0 Å². The maximum atomic E-state index is 15.0. The number of hydrogen-bond acceptors (Lipinski definition) is 5. The van der Waals surface area contributed by atoms with Gasteiger partial charge < -0.3 is 4.74 Å². The number of hydrogen-bond donors (Lipinski definition) is 0. The second-order valence-corrected chi connectivity index (χ2v) is 8.06. The Kier molecular flexibility index (Phi) is 5.10. The molecule has 2 unspecified atom stereocenters. The molecule has 0 saturated heterocycles. The second kappa shape index (κ2) is 8.27. The summed E-state index contributed by atoms with van der Waals surface area (Å²) in [7, 11) is 0. The van der Waals surface area contributed by atoms with Gasteiger partial charge in [-0.2, -0.15) is 21.0 Å². The number of allylic oxidation sites excluding steroid dienone is 2. The van der Waals surface area contributed by atoms with Crippen LogP contribution < -0.4 is 4.74 Å². The quantitative estimate of drug-likeness (QED) is 0.496. The molecule has 3 aromatic carbocycles. The van der Waals surface area contributed by atoms with Crippen LogP contribution in [-0.2, 0) is 0 Å². The molecule has 0 radical (unpaired) electrons. The first-order valence-corrected chi connectivity index (χ1v) is 10.5. The van der Waals surface area contributed by atoms with Crippen molar-refractivity contribution >= 4 is 5.57 Å². The van der Waals surface area contributed by atoms with E-state index in [0.717, 1.165) is 5.56 Å². The van der Waals surface area contributed by atoms with Crippen LogP contribution in [0.5, 0.6) is 5.75 Å². The van der Waals surface area contributed by atoms with Gasteiger partial charge >= 0.3 is 0 Å². The van der Waals surface area contributed by atoms with E-state index in [0.29, 0.717) is 16.9 Å². The first-order chi connectivity index (χ1) is 17.0. The Morgan fingerprint density at radius 2 is 1.37 bits per heavy atom. The van der Waals surface area contributed by atoms with Gasteiger partial charge in [-0.25, -0.2) is 8.78 Å². The van der Waals surface area contributed by atoms with E-state index < -0.39 is 11.6 Å². The highest BCUT2D eigenvalue weighted by molar-refractivity contribution is 5.80. The van der Waals surface area contributed by atoms with Gasteiger partial charge in [0.25, 0.3) is 0 Å². The summed E-state index contributed by atoms with van der Waals surface area (Å²) in [6, 6.07) is 17.7. The lowest BCUT2D eigenvalue weighted by Crippen LogP contribution is -2.17. The molecule has 0 amide bonds. The average molecular weight is 458 g/mol. The molecule has 0 fully saturated rings. The zero-order chi connectivity index (χ0) is 24.7. The largest absolute Gasteiger partial charge is 0.485 e. The third-order valence-electron chi connectivity index (χ3n) is 6.08. The number of rotatable bonds is 2. The van der Waals surface area contributed by atoms with Crippen LogP contribution in [0.4, 0.5) is 8.78 Å². The van der Waals surface area contributed by atoms with E-state index in [2.05, 4.69) is 0 Å². The Balaban J connectivity index is 1.62. The Labute approximate surface area is 199 Å². The van der Waals surface area contributed by atoms with Crippen LogP contribution in [0.15, 0.2) is 60.7 Å². The van der Waals surface area contributed by atoms with Crippen molar-refractivity contribution in [3.05, 3.63) is 106 Å². The summed E-state index contributed by atoms with van der Waals surface area (Å²) in [6.07, 6.45) is 4.88. The molecule has 35 heavy (non-hydrogen) atoms. The zero-order valence-corrected chi connectivity index (χ0v) is 17.9. The minimum atomic E-state index is -0.721. The van der Waals surface area contributed by atoms with E-state index in [-0.39, 0.29) is 45.4 Å². The molecule has 0 aromatic heterocycles. The van der Waals surface area contributed by atoms with Gasteiger partial charge in [-0.15, -0.1) is 0 Å². The molecule has 164 valence electrons. The number of benzene rings is 3. The summed E-state index contributed by atoms with van der Waals surface area (Å²) in [5, 5.41) is 37.1. The molecule has 0 spiro atoms. The molecule has 2 aliphatic rings. The van der Waals surface area contributed by atoms with Gasteiger partial charge in [-0.3, -0.25) is 0 Å². The van der Waals surface area contributed by atoms with Crippen LogP contribution in [0.3, 0.4) is 0 Å². The third-order valence-corrected chi connectivity index (χ3v) is 6.08. The molecular formula is C28H12F2N4O. The van der Waals surface area contributed by atoms with Crippen LogP contribution in [0.2, 0.25) is 0 Å². The summed E-state index contributed by atoms with van der Waals surface area (Å²) in [5.41, 5.74) is 1.82. The maximum Gasteiger partial charge on any atom is 0.148 e. The van der Waals surface area contributed by atoms with Crippen molar-refractivity contribution in [2.45, 2.75) is 12.0 Å². The number of nitriles is 4. The van der Waals surface area contributed by atoms with Gasteiger partial charge in [0.15, 0.2) is 0 Å². The zero-order valence-electron chi connectivity index (χ0n) is 17.9. The lowest BCUT2D eigenvalue weighted by atomic mass is 9.85. The molecule has 1 heterocycles. The van der Waals surface area contributed by atoms with Gasteiger partial charge in [0.1, 0.15) is 35.6 Å². The third kappa shape index (κ3) is 3.50. The lowest BCUT2D eigenvalue weighted by Gasteiger charge is -2.19. The number of halogens is 2. The Hall–Kier alpha value is -5.24. The monoisotopic (exact) mass is 458 g/mol. The fourth-order valence-corrected chi connectivity index (χ4v) is 4.41. The molecule has 0 bridgehead atoms. The second-order valence-electron chi connectivity index (χ2n) is 8.06. The van der Waals surface area contributed by atoms with Gasteiger partial charge in [0.2, 0.25) is 0 Å². The molecule has 1 aliphatic carbocycles. The SMILES string of the molecule is N#Cc1cc(C#N)c(F)c(C2=CC3c4cc(-c5cc(C#N)cc(C#N)c5F)ccc4OC3C=C2)c1. The molecule has 3 aromatic rings. The highest BCUT2D eigenvalue weighted by atomic mass is 19.1. The Morgan fingerprint density at radius 3 is 2.00 bits per heavy atom. The number of nitrogens with zero attached hydrogens (tertiary/aromatic N) is 4. The van der Waals surface area contributed by atoms with Gasteiger partial charge in [0.05, 0.1) is 34.4 Å². The van der Waals surface area contributed by atoms with E-state index in [9.17, 15) is 29.8 Å². The lowest BCUT2D eigenvalue weighted by molar-refractivity contribution is 0.269. The molecule has 0 N–H and O–H groups in total. The van der Waals surface area contributed by atoms with Crippen LogP contribution in [0, 0.1) is 57.0 Å². The number of fused-ring (bicyclic) bond motifs is 3. The van der Waals surface area contributed by atoms with Crippen LogP contribution in [0.25, 0.3) is 16.7 Å². The van der Waals surface area contributed by atoms with Crippen LogP contribution in [-0.4, -0.2) is 6.10 Å². The first-order valence-electron chi connectivity index (χ1n) is 10.5. The molecule has 5 nitrogen and oxygen atoms in total. The predicted octanol–water partition coefficient (Wildman–Crippen LogP) is 5.62. The Morgan fingerprint density at radius 1 is 0.743 bits per heavy atom. The smallest absolute Gasteiger partial charge is 0.148 e. The van der Waals surface area contributed by atoms with Gasteiger partial charge in [-0.1, -0.05) is 18.2 Å². The highest BCUT2D eigenvalue weighted by Crippen LogP contribution is 2.45. The summed E-state index contributed by atoms with van der Waals surface area (Å²) in [5.74, 6) is -1.19. The predicted molar refractivity (Wildman–Crippen MR) is 121 cm³/mol. The van der Waals surface area contributed by atoms with E-state index in [1.54, 1.807) is 48.6 Å². The minimum absolute atomic E-state index is 0.119.